The summed E-state index contributed by atoms with van der Waals surface area (Å²) < 4.78 is 7.18. The van der Waals surface area contributed by atoms with E-state index in [9.17, 15) is 0 Å². The Morgan fingerprint density at radius 3 is 2.58 bits per heavy atom. The number of benzene rings is 1. The average Bonchev–Trinajstić information content (AvgIpc) is 3.29. The molecule has 2 N–H and O–H groups in total. The fraction of sp³-hybridized carbons (Fsp3) is 0.421. The number of aliphatic imine (C=N–C) groups is 1. The maximum Gasteiger partial charge on any atom is 0.192 e. The minimum absolute atomic E-state index is 0.387. The molecule has 1 aliphatic carbocycles. The van der Waals surface area contributed by atoms with Crippen molar-refractivity contribution in [2.75, 3.05) is 7.11 Å². The van der Waals surface area contributed by atoms with Crippen molar-refractivity contribution in [2.24, 2.45) is 12.0 Å². The Morgan fingerprint density at radius 2 is 1.96 bits per heavy atom. The molecule has 0 unspecified atom stereocenters. The zero-order valence-corrected chi connectivity index (χ0v) is 15.6. The monoisotopic (exact) mass is 354 g/mol. The van der Waals surface area contributed by atoms with Crippen LogP contribution in [0, 0.1) is 6.92 Å². The van der Waals surface area contributed by atoms with Crippen LogP contribution in [0.2, 0.25) is 0 Å². The molecule has 0 spiro atoms. The Balaban J connectivity index is 1.65. The Labute approximate surface area is 154 Å². The van der Waals surface area contributed by atoms with Crippen LogP contribution in [0.15, 0.2) is 41.4 Å². The first-order valence-corrected chi connectivity index (χ1v) is 8.83. The zero-order valence-electron chi connectivity index (χ0n) is 15.6. The number of aromatic nitrogens is 3. The van der Waals surface area contributed by atoms with E-state index in [0.29, 0.717) is 19.1 Å². The first-order chi connectivity index (χ1) is 12.7. The molecule has 3 rings (SSSR count). The zero-order chi connectivity index (χ0) is 18.4. The van der Waals surface area contributed by atoms with Crippen LogP contribution >= 0.6 is 0 Å². The molecule has 0 saturated heterocycles. The number of guanidine groups is 1. The number of nitrogens with zero attached hydrogens (tertiary/aromatic N) is 4. The SMILES string of the molecule is COc1ccc(CN=C(NCc2nnc(C)n2C)NC2CC=CC2)cc1. The van der Waals surface area contributed by atoms with E-state index in [1.165, 1.54) is 0 Å². The number of aryl methyl sites for hydroxylation is 1. The highest BCUT2D eigenvalue weighted by molar-refractivity contribution is 5.80. The molecular weight excluding hydrogens is 328 g/mol. The first kappa shape index (κ1) is 18.0. The summed E-state index contributed by atoms with van der Waals surface area (Å²) in [4.78, 5) is 4.73. The maximum atomic E-state index is 5.20. The van der Waals surface area contributed by atoms with Crippen LogP contribution in [0.25, 0.3) is 0 Å². The summed E-state index contributed by atoms with van der Waals surface area (Å²) >= 11 is 0. The van der Waals surface area contributed by atoms with Gasteiger partial charge in [0.15, 0.2) is 11.8 Å². The molecule has 1 aromatic heterocycles. The van der Waals surface area contributed by atoms with Gasteiger partial charge in [-0.25, -0.2) is 4.99 Å². The van der Waals surface area contributed by atoms with Crippen LogP contribution in [-0.2, 0) is 20.1 Å². The van der Waals surface area contributed by atoms with E-state index in [1.54, 1.807) is 7.11 Å². The van der Waals surface area contributed by atoms with Gasteiger partial charge in [0.2, 0.25) is 0 Å². The smallest absolute Gasteiger partial charge is 0.192 e. The molecule has 0 aliphatic heterocycles. The summed E-state index contributed by atoms with van der Waals surface area (Å²) in [7, 11) is 3.64. The lowest BCUT2D eigenvalue weighted by Crippen LogP contribution is -2.42. The summed E-state index contributed by atoms with van der Waals surface area (Å²) in [6.07, 6.45) is 6.44. The van der Waals surface area contributed by atoms with Gasteiger partial charge in [0.05, 0.1) is 20.2 Å². The molecule has 0 atom stereocenters. The predicted molar refractivity (Wildman–Crippen MR) is 102 cm³/mol. The molecule has 138 valence electrons. The Morgan fingerprint density at radius 1 is 1.23 bits per heavy atom. The van der Waals surface area contributed by atoms with Crippen LogP contribution in [0.5, 0.6) is 5.75 Å². The average molecular weight is 354 g/mol. The van der Waals surface area contributed by atoms with E-state index < -0.39 is 0 Å². The van der Waals surface area contributed by atoms with Crippen LogP contribution in [0.3, 0.4) is 0 Å². The van der Waals surface area contributed by atoms with Gasteiger partial charge in [-0.15, -0.1) is 10.2 Å². The van der Waals surface area contributed by atoms with E-state index in [-0.39, 0.29) is 0 Å². The van der Waals surface area contributed by atoms with E-state index in [0.717, 1.165) is 41.8 Å². The fourth-order valence-electron chi connectivity index (χ4n) is 2.75. The molecule has 0 bridgehead atoms. The summed E-state index contributed by atoms with van der Waals surface area (Å²) in [6.45, 7) is 3.11. The van der Waals surface area contributed by atoms with Crippen molar-refractivity contribution in [3.8, 4) is 5.75 Å². The minimum atomic E-state index is 0.387. The van der Waals surface area contributed by atoms with Crippen molar-refractivity contribution in [2.45, 2.75) is 38.9 Å². The molecule has 7 heteroatoms. The molecular formula is C19H26N6O. The van der Waals surface area contributed by atoms with E-state index in [1.807, 2.05) is 42.8 Å². The van der Waals surface area contributed by atoms with E-state index in [4.69, 9.17) is 9.73 Å². The molecule has 0 amide bonds. The van der Waals surface area contributed by atoms with Crippen LogP contribution in [0.1, 0.15) is 30.1 Å². The Bertz CT molecular complexity index is 770. The van der Waals surface area contributed by atoms with Gasteiger partial charge in [-0.1, -0.05) is 24.3 Å². The first-order valence-electron chi connectivity index (χ1n) is 8.83. The molecule has 1 aromatic carbocycles. The highest BCUT2D eigenvalue weighted by atomic mass is 16.5. The second-order valence-electron chi connectivity index (χ2n) is 6.37. The van der Waals surface area contributed by atoms with Crippen molar-refractivity contribution in [1.29, 1.82) is 0 Å². The summed E-state index contributed by atoms with van der Waals surface area (Å²) in [5, 5.41) is 15.2. The number of hydrogen-bond acceptors (Lipinski definition) is 4. The highest BCUT2D eigenvalue weighted by Gasteiger charge is 2.13. The van der Waals surface area contributed by atoms with Gasteiger partial charge in [-0.3, -0.25) is 0 Å². The number of rotatable bonds is 6. The third-order valence-corrected chi connectivity index (χ3v) is 4.52. The van der Waals surface area contributed by atoms with Gasteiger partial charge in [0.25, 0.3) is 0 Å². The Hall–Kier alpha value is -2.83. The van der Waals surface area contributed by atoms with Crippen LogP contribution < -0.4 is 15.4 Å². The lowest BCUT2D eigenvalue weighted by Gasteiger charge is -2.17. The topological polar surface area (TPSA) is 76.4 Å². The minimum Gasteiger partial charge on any atom is -0.497 e. The molecule has 0 fully saturated rings. The lowest BCUT2D eigenvalue weighted by molar-refractivity contribution is 0.414. The molecule has 2 aromatic rings. The Kier molecular flexibility index (Phi) is 5.88. The second-order valence-corrected chi connectivity index (χ2v) is 6.37. The van der Waals surface area contributed by atoms with Gasteiger partial charge in [-0.2, -0.15) is 0 Å². The summed E-state index contributed by atoms with van der Waals surface area (Å²) in [6, 6.07) is 8.36. The standard InChI is InChI=1S/C19H26N6O/c1-14-23-24-18(25(14)2)13-21-19(22-16-6-4-5-7-16)20-12-15-8-10-17(26-3)11-9-15/h4-5,8-11,16H,6-7,12-13H2,1-3H3,(H2,20,21,22). The van der Waals surface area contributed by atoms with Crippen molar-refractivity contribution in [3.05, 3.63) is 53.6 Å². The predicted octanol–water partition coefficient (Wildman–Crippen LogP) is 2.09. The van der Waals surface area contributed by atoms with Crippen molar-refractivity contribution < 1.29 is 4.74 Å². The summed E-state index contributed by atoms with van der Waals surface area (Å²) in [5.74, 6) is 3.41. The quantitative estimate of drug-likeness (QED) is 0.472. The second kappa shape index (κ2) is 8.51. The largest absolute Gasteiger partial charge is 0.497 e. The third-order valence-electron chi connectivity index (χ3n) is 4.52. The van der Waals surface area contributed by atoms with Gasteiger partial charge in [0.1, 0.15) is 11.6 Å². The molecule has 1 heterocycles. The molecule has 0 saturated carbocycles. The summed E-state index contributed by atoms with van der Waals surface area (Å²) in [5.41, 5.74) is 1.13. The number of ether oxygens (including phenoxy) is 1. The van der Waals surface area contributed by atoms with Crippen LogP contribution in [-0.4, -0.2) is 33.9 Å². The van der Waals surface area contributed by atoms with Crippen molar-refractivity contribution in [3.63, 3.8) is 0 Å². The molecule has 26 heavy (non-hydrogen) atoms. The number of methoxy groups -OCH3 is 1. The normalized spacial score (nSPS) is 14.7. The van der Waals surface area contributed by atoms with Gasteiger partial charge < -0.3 is 19.9 Å². The fourth-order valence-corrected chi connectivity index (χ4v) is 2.75. The number of nitrogens with one attached hydrogen (secondary N) is 2. The van der Waals surface area contributed by atoms with E-state index >= 15 is 0 Å². The van der Waals surface area contributed by atoms with Gasteiger partial charge in [0, 0.05) is 13.1 Å². The highest BCUT2D eigenvalue weighted by Crippen LogP contribution is 2.12. The maximum absolute atomic E-state index is 5.20. The van der Waals surface area contributed by atoms with Crippen molar-refractivity contribution in [1.82, 2.24) is 25.4 Å². The van der Waals surface area contributed by atoms with E-state index in [2.05, 4.69) is 33.0 Å². The molecule has 0 radical (unpaired) electrons. The lowest BCUT2D eigenvalue weighted by atomic mass is 10.2. The third kappa shape index (κ3) is 4.62. The van der Waals surface area contributed by atoms with Crippen molar-refractivity contribution >= 4 is 5.96 Å². The number of hydrogen-bond donors (Lipinski definition) is 2. The van der Waals surface area contributed by atoms with Crippen LogP contribution in [0.4, 0.5) is 0 Å². The van der Waals surface area contributed by atoms with Gasteiger partial charge in [-0.05, 0) is 37.5 Å². The molecule has 1 aliphatic rings. The van der Waals surface area contributed by atoms with Gasteiger partial charge >= 0.3 is 0 Å². The molecule has 7 nitrogen and oxygen atoms in total.